The van der Waals surface area contributed by atoms with Crippen LogP contribution in [-0.2, 0) is 13.1 Å². The second kappa shape index (κ2) is 8.39. The van der Waals surface area contributed by atoms with Crippen LogP contribution in [0.4, 0.5) is 0 Å². The van der Waals surface area contributed by atoms with E-state index in [1.54, 1.807) is 0 Å². The summed E-state index contributed by atoms with van der Waals surface area (Å²) in [6, 6.07) is 7.97. The molecule has 1 N–H and O–H groups in total. The fourth-order valence-electron chi connectivity index (χ4n) is 3.22. The van der Waals surface area contributed by atoms with Crippen LogP contribution in [-0.4, -0.2) is 9.55 Å². The molecular formula is C20H25ClN3. The molecule has 0 spiro atoms. The van der Waals surface area contributed by atoms with Crippen LogP contribution in [0, 0.1) is 19.0 Å². The van der Waals surface area contributed by atoms with Crippen LogP contribution < -0.4 is 5.32 Å². The van der Waals surface area contributed by atoms with Crippen molar-refractivity contribution in [3.05, 3.63) is 64.8 Å². The number of rotatable bonds is 6. The van der Waals surface area contributed by atoms with Gasteiger partial charge >= 0.3 is 0 Å². The number of benzene rings is 1. The first kappa shape index (κ1) is 17.1. The van der Waals surface area contributed by atoms with Gasteiger partial charge < -0.3 is 9.88 Å². The molecule has 0 atom stereocenters. The lowest BCUT2D eigenvalue weighted by Crippen LogP contribution is -2.10. The lowest BCUT2D eigenvalue weighted by atomic mass is 9.89. The van der Waals surface area contributed by atoms with Crippen LogP contribution in [0.3, 0.4) is 0 Å². The molecule has 4 heteroatoms. The van der Waals surface area contributed by atoms with Gasteiger partial charge in [0.1, 0.15) is 0 Å². The van der Waals surface area contributed by atoms with E-state index in [1.165, 1.54) is 43.4 Å². The third kappa shape index (κ3) is 4.64. The summed E-state index contributed by atoms with van der Waals surface area (Å²) in [7, 11) is 0. The van der Waals surface area contributed by atoms with Gasteiger partial charge in [0.25, 0.3) is 0 Å². The van der Waals surface area contributed by atoms with Crippen molar-refractivity contribution >= 4 is 11.6 Å². The Kier molecular flexibility index (Phi) is 5.97. The first-order valence-electron chi connectivity index (χ1n) is 8.79. The largest absolute Gasteiger partial charge is 0.378 e. The number of halogens is 1. The molecular weight excluding hydrogens is 318 g/mol. The van der Waals surface area contributed by atoms with Gasteiger partial charge in [0.15, 0.2) is 0 Å². The fraction of sp³-hybridized carbons (Fsp3) is 0.450. The van der Waals surface area contributed by atoms with Crippen molar-refractivity contribution < 1.29 is 0 Å². The van der Waals surface area contributed by atoms with E-state index in [0.29, 0.717) is 5.92 Å². The average Bonchev–Trinajstić information content (AvgIpc) is 2.95. The quantitative estimate of drug-likeness (QED) is 0.758. The van der Waals surface area contributed by atoms with Gasteiger partial charge in [0, 0.05) is 17.3 Å². The maximum atomic E-state index is 5.94. The van der Waals surface area contributed by atoms with Crippen LogP contribution in [0.2, 0.25) is 5.02 Å². The number of nitrogens with zero attached hydrogens (tertiary/aromatic N) is 2. The van der Waals surface area contributed by atoms with Gasteiger partial charge in [0.05, 0.1) is 24.8 Å². The summed E-state index contributed by atoms with van der Waals surface area (Å²) in [5.41, 5.74) is 3.49. The van der Waals surface area contributed by atoms with Gasteiger partial charge in [-0.3, -0.25) is 0 Å². The van der Waals surface area contributed by atoms with Gasteiger partial charge in [-0.2, -0.15) is 0 Å². The number of aromatic nitrogens is 2. The molecule has 127 valence electrons. The zero-order valence-corrected chi connectivity index (χ0v) is 15.0. The number of hydrogen-bond donors (Lipinski definition) is 1. The highest BCUT2D eigenvalue weighted by Crippen LogP contribution is 2.24. The highest BCUT2D eigenvalue weighted by Gasteiger charge is 2.10. The van der Waals surface area contributed by atoms with Crippen LogP contribution in [0.5, 0.6) is 0 Å². The van der Waals surface area contributed by atoms with Crippen LogP contribution >= 0.6 is 11.6 Å². The second-order valence-corrected chi connectivity index (χ2v) is 7.03. The van der Waals surface area contributed by atoms with Gasteiger partial charge in [-0.1, -0.05) is 49.1 Å². The Morgan fingerprint density at radius 3 is 2.75 bits per heavy atom. The molecule has 0 aliphatic heterocycles. The summed E-state index contributed by atoms with van der Waals surface area (Å²) in [4.78, 5) is 4.53. The minimum absolute atomic E-state index is 0.704. The molecule has 1 aliphatic rings. The molecule has 0 bridgehead atoms. The summed E-state index contributed by atoms with van der Waals surface area (Å²) in [6.07, 6.45) is 14.1. The van der Waals surface area contributed by atoms with Gasteiger partial charge in [-0.05, 0) is 43.4 Å². The minimum Gasteiger partial charge on any atom is -0.378 e. The van der Waals surface area contributed by atoms with Crippen molar-refractivity contribution in [1.82, 2.24) is 14.9 Å². The van der Waals surface area contributed by atoms with Crippen molar-refractivity contribution in [1.29, 1.82) is 0 Å². The highest BCUT2D eigenvalue weighted by molar-refractivity contribution is 6.30. The second-order valence-electron chi connectivity index (χ2n) is 6.59. The SMILES string of the molecule is Cc1c(CN[C]=CC2CCCCC2)ncn1Cc1ccc(Cl)cc1. The van der Waals surface area contributed by atoms with E-state index < -0.39 is 0 Å². The average molecular weight is 343 g/mol. The van der Waals surface area contributed by atoms with E-state index in [2.05, 4.69) is 46.2 Å². The van der Waals surface area contributed by atoms with Gasteiger partial charge in [-0.25, -0.2) is 4.98 Å². The molecule has 1 heterocycles. The zero-order chi connectivity index (χ0) is 16.8. The Balaban J connectivity index is 1.52. The number of hydrogen-bond acceptors (Lipinski definition) is 2. The number of nitrogens with one attached hydrogen (secondary N) is 1. The van der Waals surface area contributed by atoms with Crippen molar-refractivity contribution in [3.63, 3.8) is 0 Å². The Hall–Kier alpha value is -1.74. The minimum atomic E-state index is 0.704. The Morgan fingerprint density at radius 1 is 1.25 bits per heavy atom. The Labute approximate surface area is 149 Å². The Bertz CT molecular complexity index is 667. The van der Waals surface area contributed by atoms with E-state index >= 15 is 0 Å². The molecule has 1 fully saturated rings. The molecule has 0 amide bonds. The molecule has 1 saturated carbocycles. The lowest BCUT2D eigenvalue weighted by molar-refractivity contribution is 0.417. The first-order valence-corrected chi connectivity index (χ1v) is 9.17. The summed E-state index contributed by atoms with van der Waals surface area (Å²) in [6.45, 7) is 3.66. The predicted octanol–water partition coefficient (Wildman–Crippen LogP) is 4.88. The monoisotopic (exact) mass is 342 g/mol. The maximum Gasteiger partial charge on any atom is 0.0955 e. The van der Waals surface area contributed by atoms with Crippen molar-refractivity contribution in [3.8, 4) is 0 Å². The predicted molar refractivity (Wildman–Crippen MR) is 98.7 cm³/mol. The number of allylic oxidation sites excluding steroid dienone is 1. The fourth-order valence-corrected chi connectivity index (χ4v) is 3.34. The van der Waals surface area contributed by atoms with E-state index in [0.717, 1.165) is 23.8 Å². The molecule has 2 aromatic rings. The Morgan fingerprint density at radius 2 is 2.00 bits per heavy atom. The third-order valence-electron chi connectivity index (χ3n) is 4.79. The van der Waals surface area contributed by atoms with Crippen LogP contribution in [0.15, 0.2) is 36.7 Å². The summed E-state index contributed by atoms with van der Waals surface area (Å²) < 4.78 is 2.17. The summed E-state index contributed by atoms with van der Waals surface area (Å²) in [5.74, 6) is 0.704. The molecule has 1 radical (unpaired) electrons. The van der Waals surface area contributed by atoms with Crippen LogP contribution in [0.25, 0.3) is 0 Å². The van der Waals surface area contributed by atoms with Crippen LogP contribution in [0.1, 0.15) is 49.1 Å². The van der Waals surface area contributed by atoms with Crippen molar-refractivity contribution in [2.24, 2.45) is 5.92 Å². The van der Waals surface area contributed by atoms with Crippen molar-refractivity contribution in [2.75, 3.05) is 0 Å². The molecule has 0 unspecified atom stereocenters. The number of imidazole rings is 1. The maximum absolute atomic E-state index is 5.94. The standard InChI is InChI=1S/C20H25ClN3/c1-16-20(13-22-12-11-17-5-3-2-4-6-17)23-15-24(16)14-18-7-9-19(21)10-8-18/h7-11,15,17,22H,2-6,13-14H2,1H3. The van der Waals surface area contributed by atoms with E-state index in [4.69, 9.17) is 11.6 Å². The molecule has 1 aromatic heterocycles. The van der Waals surface area contributed by atoms with Gasteiger partial charge in [0.2, 0.25) is 0 Å². The summed E-state index contributed by atoms with van der Waals surface area (Å²) >= 11 is 5.94. The smallest absolute Gasteiger partial charge is 0.0955 e. The topological polar surface area (TPSA) is 29.9 Å². The molecule has 1 aromatic carbocycles. The summed E-state index contributed by atoms with van der Waals surface area (Å²) in [5, 5.41) is 4.05. The first-order chi connectivity index (χ1) is 11.7. The highest BCUT2D eigenvalue weighted by atomic mass is 35.5. The zero-order valence-electron chi connectivity index (χ0n) is 14.3. The molecule has 0 saturated heterocycles. The van der Waals surface area contributed by atoms with Crippen molar-refractivity contribution in [2.45, 2.75) is 52.1 Å². The van der Waals surface area contributed by atoms with E-state index in [-0.39, 0.29) is 0 Å². The molecule has 3 rings (SSSR count). The molecule has 1 aliphatic carbocycles. The molecule has 3 nitrogen and oxygen atoms in total. The van der Waals surface area contributed by atoms with Gasteiger partial charge in [-0.15, -0.1) is 0 Å². The lowest BCUT2D eigenvalue weighted by Gasteiger charge is -2.17. The van der Waals surface area contributed by atoms with E-state index in [1.807, 2.05) is 18.5 Å². The third-order valence-corrected chi connectivity index (χ3v) is 5.05. The normalized spacial score (nSPS) is 15.9. The molecule has 24 heavy (non-hydrogen) atoms. The van der Waals surface area contributed by atoms with E-state index in [9.17, 15) is 0 Å².